The van der Waals surface area contributed by atoms with Gasteiger partial charge in [0.15, 0.2) is 0 Å². The molecule has 0 amide bonds. The number of rotatable bonds is 2. The number of alkyl halides is 1. The van der Waals surface area contributed by atoms with Crippen LogP contribution in [0.2, 0.25) is 0 Å². The number of halogens is 1. The molecule has 0 bridgehead atoms. The number of nitrogens with zero attached hydrogens (tertiary/aromatic N) is 1. The summed E-state index contributed by atoms with van der Waals surface area (Å²) in [4.78, 5) is 3.87. The Labute approximate surface area is 70.8 Å². The zero-order valence-corrected chi connectivity index (χ0v) is 6.99. The van der Waals surface area contributed by atoms with Crippen molar-refractivity contribution in [3.05, 3.63) is 30.1 Å². The Morgan fingerprint density at radius 3 is 2.82 bits per heavy atom. The van der Waals surface area contributed by atoms with E-state index >= 15 is 0 Å². The lowest BCUT2D eigenvalue weighted by Gasteiger charge is -2.11. The molecule has 1 aromatic heterocycles. The van der Waals surface area contributed by atoms with Crippen LogP contribution in [0.1, 0.15) is 18.6 Å². The van der Waals surface area contributed by atoms with E-state index in [1.807, 2.05) is 0 Å². The largest absolute Gasteiger partial charge is 0.387 e. The van der Waals surface area contributed by atoms with Crippen molar-refractivity contribution in [1.29, 1.82) is 0 Å². The molecular formula is C8H10ClNO. The Bertz CT molecular complexity index is 213. The number of aromatic nitrogens is 1. The molecule has 2 nitrogen and oxygen atoms in total. The van der Waals surface area contributed by atoms with Crippen LogP contribution in [0.15, 0.2) is 24.5 Å². The monoisotopic (exact) mass is 171 g/mol. The molecule has 11 heavy (non-hydrogen) atoms. The highest BCUT2D eigenvalue weighted by Crippen LogP contribution is 2.18. The topological polar surface area (TPSA) is 33.1 Å². The summed E-state index contributed by atoms with van der Waals surface area (Å²) in [7, 11) is 0. The highest BCUT2D eigenvalue weighted by atomic mass is 35.5. The third-order valence-corrected chi connectivity index (χ3v) is 1.70. The first kappa shape index (κ1) is 8.50. The minimum absolute atomic E-state index is 0.279. The second-order valence-corrected chi connectivity index (χ2v) is 3.10. The van der Waals surface area contributed by atoms with Crippen molar-refractivity contribution < 1.29 is 5.11 Å². The lowest BCUT2D eigenvalue weighted by molar-refractivity contribution is 0.177. The molecule has 0 spiro atoms. The maximum absolute atomic E-state index is 9.43. The van der Waals surface area contributed by atoms with Gasteiger partial charge in [-0.1, -0.05) is 6.07 Å². The average Bonchev–Trinajstić information content (AvgIpc) is 2.05. The third kappa shape index (κ3) is 2.17. The molecule has 0 aromatic carbocycles. The summed E-state index contributed by atoms with van der Waals surface area (Å²) < 4.78 is 0. The molecule has 0 aliphatic carbocycles. The predicted octanol–water partition coefficient (Wildman–Crippen LogP) is 1.74. The van der Waals surface area contributed by atoms with Gasteiger partial charge in [-0.15, -0.1) is 11.6 Å². The first-order valence-corrected chi connectivity index (χ1v) is 3.87. The van der Waals surface area contributed by atoms with Gasteiger partial charge in [-0.05, 0) is 13.0 Å². The maximum atomic E-state index is 9.43. The molecule has 2 atom stereocenters. The van der Waals surface area contributed by atoms with Crippen molar-refractivity contribution >= 4 is 11.6 Å². The van der Waals surface area contributed by atoms with Crippen molar-refractivity contribution in [3.8, 4) is 0 Å². The lowest BCUT2D eigenvalue weighted by atomic mass is 10.1. The van der Waals surface area contributed by atoms with E-state index in [1.54, 1.807) is 31.5 Å². The van der Waals surface area contributed by atoms with Crippen LogP contribution in [0.5, 0.6) is 0 Å². The fourth-order valence-corrected chi connectivity index (χ4v) is 0.962. The molecule has 0 fully saturated rings. The zero-order chi connectivity index (χ0) is 8.27. The number of hydrogen-bond acceptors (Lipinski definition) is 2. The van der Waals surface area contributed by atoms with Crippen LogP contribution in [-0.4, -0.2) is 15.5 Å². The molecule has 60 valence electrons. The van der Waals surface area contributed by atoms with Gasteiger partial charge in [0.2, 0.25) is 0 Å². The van der Waals surface area contributed by atoms with Gasteiger partial charge in [-0.25, -0.2) is 0 Å². The van der Waals surface area contributed by atoms with E-state index in [0.717, 1.165) is 5.56 Å². The van der Waals surface area contributed by atoms with Crippen LogP contribution in [0, 0.1) is 0 Å². The van der Waals surface area contributed by atoms with Gasteiger partial charge in [0, 0.05) is 18.0 Å². The Kier molecular flexibility index (Phi) is 2.85. The van der Waals surface area contributed by atoms with Gasteiger partial charge < -0.3 is 5.11 Å². The molecular weight excluding hydrogens is 162 g/mol. The second-order valence-electron chi connectivity index (χ2n) is 2.41. The standard InChI is InChI=1S/C8H10ClNO/c1-6(9)8(11)7-3-2-4-10-5-7/h2-6,8,11H,1H3. The van der Waals surface area contributed by atoms with E-state index in [0.29, 0.717) is 0 Å². The van der Waals surface area contributed by atoms with Gasteiger partial charge >= 0.3 is 0 Å². The predicted molar refractivity (Wildman–Crippen MR) is 44.5 cm³/mol. The van der Waals surface area contributed by atoms with Crippen LogP contribution in [0.25, 0.3) is 0 Å². The quantitative estimate of drug-likeness (QED) is 0.688. The van der Waals surface area contributed by atoms with Gasteiger partial charge in [0.1, 0.15) is 0 Å². The summed E-state index contributed by atoms with van der Waals surface area (Å²) in [6.45, 7) is 1.75. The van der Waals surface area contributed by atoms with Crippen molar-refractivity contribution in [1.82, 2.24) is 4.98 Å². The fourth-order valence-electron chi connectivity index (χ4n) is 0.816. The molecule has 0 saturated heterocycles. The smallest absolute Gasteiger partial charge is 0.0965 e. The molecule has 1 heterocycles. The van der Waals surface area contributed by atoms with Crippen LogP contribution >= 0.6 is 11.6 Å². The SMILES string of the molecule is CC(Cl)C(O)c1cccnc1. The third-order valence-electron chi connectivity index (χ3n) is 1.46. The van der Waals surface area contributed by atoms with E-state index in [4.69, 9.17) is 11.6 Å². The molecule has 1 rings (SSSR count). The average molecular weight is 172 g/mol. The maximum Gasteiger partial charge on any atom is 0.0965 e. The lowest BCUT2D eigenvalue weighted by Crippen LogP contribution is -2.07. The minimum Gasteiger partial charge on any atom is -0.387 e. The fraction of sp³-hybridized carbons (Fsp3) is 0.375. The normalized spacial score (nSPS) is 15.9. The highest BCUT2D eigenvalue weighted by Gasteiger charge is 2.12. The van der Waals surface area contributed by atoms with E-state index < -0.39 is 6.10 Å². The van der Waals surface area contributed by atoms with Crippen LogP contribution in [0.3, 0.4) is 0 Å². The van der Waals surface area contributed by atoms with Crippen molar-refractivity contribution in [2.45, 2.75) is 18.4 Å². The van der Waals surface area contributed by atoms with E-state index in [-0.39, 0.29) is 5.38 Å². The van der Waals surface area contributed by atoms with E-state index in [2.05, 4.69) is 4.98 Å². The number of aliphatic hydroxyl groups is 1. The Morgan fingerprint density at radius 1 is 1.64 bits per heavy atom. The summed E-state index contributed by atoms with van der Waals surface area (Å²) in [6, 6.07) is 3.58. The molecule has 0 radical (unpaired) electrons. The van der Waals surface area contributed by atoms with Gasteiger partial charge in [0.05, 0.1) is 11.5 Å². The Balaban J connectivity index is 2.77. The zero-order valence-electron chi connectivity index (χ0n) is 6.24. The summed E-state index contributed by atoms with van der Waals surface area (Å²) in [5.41, 5.74) is 0.759. The van der Waals surface area contributed by atoms with Crippen LogP contribution in [0.4, 0.5) is 0 Å². The summed E-state index contributed by atoms with van der Waals surface area (Å²) in [5.74, 6) is 0. The molecule has 1 N–H and O–H groups in total. The highest BCUT2D eigenvalue weighted by molar-refractivity contribution is 6.20. The van der Waals surface area contributed by atoms with Gasteiger partial charge in [-0.2, -0.15) is 0 Å². The number of hydrogen-bond donors (Lipinski definition) is 1. The molecule has 0 saturated carbocycles. The molecule has 2 unspecified atom stereocenters. The van der Waals surface area contributed by atoms with Gasteiger partial charge in [0.25, 0.3) is 0 Å². The van der Waals surface area contributed by atoms with Gasteiger partial charge in [-0.3, -0.25) is 4.98 Å². The van der Waals surface area contributed by atoms with E-state index in [9.17, 15) is 5.11 Å². The first-order chi connectivity index (χ1) is 5.22. The Morgan fingerprint density at radius 2 is 2.36 bits per heavy atom. The van der Waals surface area contributed by atoms with Crippen molar-refractivity contribution in [2.75, 3.05) is 0 Å². The number of aliphatic hydroxyl groups excluding tert-OH is 1. The molecule has 1 aromatic rings. The second kappa shape index (κ2) is 3.69. The van der Waals surface area contributed by atoms with E-state index in [1.165, 1.54) is 0 Å². The summed E-state index contributed by atoms with van der Waals surface area (Å²) in [5, 5.41) is 9.15. The Hall–Kier alpha value is -0.600. The van der Waals surface area contributed by atoms with Crippen LogP contribution < -0.4 is 0 Å². The first-order valence-electron chi connectivity index (χ1n) is 3.44. The molecule has 3 heteroatoms. The summed E-state index contributed by atoms with van der Waals surface area (Å²) >= 11 is 5.68. The van der Waals surface area contributed by atoms with Crippen molar-refractivity contribution in [2.24, 2.45) is 0 Å². The number of pyridine rings is 1. The summed E-state index contributed by atoms with van der Waals surface area (Å²) in [6.07, 6.45) is 2.66. The van der Waals surface area contributed by atoms with Crippen molar-refractivity contribution in [3.63, 3.8) is 0 Å². The minimum atomic E-state index is -0.620. The molecule has 0 aliphatic heterocycles. The molecule has 0 aliphatic rings. The van der Waals surface area contributed by atoms with Crippen LogP contribution in [-0.2, 0) is 0 Å².